The van der Waals surface area contributed by atoms with Gasteiger partial charge in [-0.3, -0.25) is 0 Å². The van der Waals surface area contributed by atoms with Crippen molar-refractivity contribution in [1.82, 2.24) is 0 Å². The van der Waals surface area contributed by atoms with Gasteiger partial charge in [-0.05, 0) is 61.7 Å². The topological polar surface area (TPSA) is 0 Å². The molecule has 0 aromatic rings. The van der Waals surface area contributed by atoms with E-state index < -0.39 is 0 Å². The molecule has 0 heteroatoms. The van der Waals surface area contributed by atoms with Crippen molar-refractivity contribution in [2.75, 3.05) is 0 Å². The summed E-state index contributed by atoms with van der Waals surface area (Å²) in [7, 11) is 0. The summed E-state index contributed by atoms with van der Waals surface area (Å²) in [5.74, 6) is 2.69. The molecule has 0 fully saturated rings. The highest BCUT2D eigenvalue weighted by Crippen LogP contribution is 2.38. The minimum Gasteiger partial charge on any atom is -0.0883 e. The van der Waals surface area contributed by atoms with Crippen LogP contribution in [0.3, 0.4) is 0 Å². The maximum atomic E-state index is 2.49. The highest BCUT2D eigenvalue weighted by atomic mass is 14.3. The summed E-state index contributed by atoms with van der Waals surface area (Å²) in [6, 6.07) is 0. The van der Waals surface area contributed by atoms with E-state index in [1.807, 2.05) is 0 Å². The molecule has 1 aliphatic rings. The molecule has 118 valence electrons. The summed E-state index contributed by atoms with van der Waals surface area (Å²) in [6.07, 6.45) is 17.4. The van der Waals surface area contributed by atoms with Crippen LogP contribution >= 0.6 is 0 Å². The predicted molar refractivity (Wildman–Crippen MR) is 92.0 cm³/mol. The minimum absolute atomic E-state index is 0.510. The van der Waals surface area contributed by atoms with Crippen LogP contribution in [-0.2, 0) is 0 Å². The van der Waals surface area contributed by atoms with E-state index in [4.69, 9.17) is 0 Å². The molecule has 1 rings (SSSR count). The van der Waals surface area contributed by atoms with Crippen molar-refractivity contribution < 1.29 is 0 Å². The van der Waals surface area contributed by atoms with Gasteiger partial charge in [-0.1, -0.05) is 66.0 Å². The zero-order chi connectivity index (χ0) is 15.0. The van der Waals surface area contributed by atoms with Crippen molar-refractivity contribution in [2.24, 2.45) is 23.2 Å². The number of hydrogen-bond acceptors (Lipinski definition) is 0. The molecule has 0 radical (unpaired) electrons. The summed E-state index contributed by atoms with van der Waals surface area (Å²) in [5, 5.41) is 0. The Bertz CT molecular complexity index is 274. The van der Waals surface area contributed by atoms with Gasteiger partial charge in [-0.25, -0.2) is 0 Å². The average Bonchev–Trinajstić information content (AvgIpc) is 2.38. The van der Waals surface area contributed by atoms with Crippen LogP contribution in [-0.4, -0.2) is 0 Å². The molecule has 3 atom stereocenters. The highest BCUT2D eigenvalue weighted by molar-refractivity contribution is 4.95. The molecule has 0 nitrogen and oxygen atoms in total. The first-order valence-electron chi connectivity index (χ1n) is 9.13. The molecule has 0 spiro atoms. The van der Waals surface area contributed by atoms with Crippen molar-refractivity contribution in [3.05, 3.63) is 12.2 Å². The molecule has 0 amide bonds. The largest absolute Gasteiger partial charge is 0.0883 e. The van der Waals surface area contributed by atoms with Gasteiger partial charge in [0.25, 0.3) is 0 Å². The van der Waals surface area contributed by atoms with E-state index in [-0.39, 0.29) is 0 Å². The fourth-order valence-corrected chi connectivity index (χ4v) is 4.34. The van der Waals surface area contributed by atoms with Gasteiger partial charge >= 0.3 is 0 Å². The van der Waals surface area contributed by atoms with Gasteiger partial charge in [-0.2, -0.15) is 0 Å². The molecule has 0 aliphatic heterocycles. The summed E-state index contributed by atoms with van der Waals surface area (Å²) in [4.78, 5) is 0. The Morgan fingerprint density at radius 2 is 2.00 bits per heavy atom. The second kappa shape index (κ2) is 8.90. The van der Waals surface area contributed by atoms with E-state index in [0.717, 1.165) is 17.8 Å². The molecular formula is C20H38. The lowest BCUT2D eigenvalue weighted by Gasteiger charge is -2.33. The summed E-state index contributed by atoms with van der Waals surface area (Å²) >= 11 is 0. The van der Waals surface area contributed by atoms with Gasteiger partial charge in [0.1, 0.15) is 0 Å². The van der Waals surface area contributed by atoms with Crippen LogP contribution in [0, 0.1) is 23.2 Å². The Labute approximate surface area is 128 Å². The third-order valence-electron chi connectivity index (χ3n) is 5.08. The van der Waals surface area contributed by atoms with Crippen molar-refractivity contribution in [1.29, 1.82) is 0 Å². The van der Waals surface area contributed by atoms with Gasteiger partial charge in [0, 0.05) is 0 Å². The molecule has 2 unspecified atom stereocenters. The van der Waals surface area contributed by atoms with E-state index in [1.165, 1.54) is 57.8 Å². The third kappa shape index (κ3) is 6.95. The average molecular weight is 279 g/mol. The Hall–Kier alpha value is -0.260. The van der Waals surface area contributed by atoms with Crippen LogP contribution in [0.25, 0.3) is 0 Å². The number of hydrogen-bond donors (Lipinski definition) is 0. The van der Waals surface area contributed by atoms with Crippen molar-refractivity contribution in [3.63, 3.8) is 0 Å². The maximum Gasteiger partial charge on any atom is -0.0228 e. The van der Waals surface area contributed by atoms with Crippen LogP contribution in [0.4, 0.5) is 0 Å². The van der Waals surface area contributed by atoms with Gasteiger partial charge in [0.15, 0.2) is 0 Å². The van der Waals surface area contributed by atoms with Crippen molar-refractivity contribution in [2.45, 2.75) is 92.4 Å². The van der Waals surface area contributed by atoms with Gasteiger partial charge in [0.2, 0.25) is 0 Å². The predicted octanol–water partition coefficient (Wildman–Crippen LogP) is 7.00. The van der Waals surface area contributed by atoms with Crippen LogP contribution in [0.1, 0.15) is 92.4 Å². The highest BCUT2D eigenvalue weighted by Gasteiger charge is 2.25. The molecule has 0 heterocycles. The first-order valence-corrected chi connectivity index (χ1v) is 9.13. The van der Waals surface area contributed by atoms with E-state index in [9.17, 15) is 0 Å². The molecule has 1 aliphatic carbocycles. The number of allylic oxidation sites excluding steroid dienone is 2. The van der Waals surface area contributed by atoms with Crippen LogP contribution in [0.15, 0.2) is 12.2 Å². The van der Waals surface area contributed by atoms with E-state index >= 15 is 0 Å². The van der Waals surface area contributed by atoms with E-state index in [1.54, 1.807) is 0 Å². The van der Waals surface area contributed by atoms with Gasteiger partial charge in [-0.15, -0.1) is 0 Å². The van der Waals surface area contributed by atoms with Gasteiger partial charge < -0.3 is 0 Å². The molecule has 0 bridgehead atoms. The Kier molecular flexibility index (Phi) is 7.92. The monoisotopic (exact) mass is 278 g/mol. The lowest BCUT2D eigenvalue weighted by Crippen LogP contribution is -2.21. The molecule has 0 N–H and O–H groups in total. The van der Waals surface area contributed by atoms with Crippen LogP contribution in [0.2, 0.25) is 0 Å². The molecule has 20 heavy (non-hydrogen) atoms. The smallest absolute Gasteiger partial charge is 0.0228 e. The molecule has 0 aromatic heterocycles. The zero-order valence-corrected chi connectivity index (χ0v) is 14.8. The van der Waals surface area contributed by atoms with Crippen LogP contribution in [0.5, 0.6) is 0 Å². The second-order valence-corrected chi connectivity index (χ2v) is 8.10. The van der Waals surface area contributed by atoms with Crippen molar-refractivity contribution >= 4 is 0 Å². The quantitative estimate of drug-likeness (QED) is 0.398. The van der Waals surface area contributed by atoms with Gasteiger partial charge in [0.05, 0.1) is 0 Å². The Morgan fingerprint density at radius 3 is 2.55 bits per heavy atom. The van der Waals surface area contributed by atoms with E-state index in [2.05, 4.69) is 46.8 Å². The molecule has 0 saturated heterocycles. The lowest BCUT2D eigenvalue weighted by molar-refractivity contribution is 0.201. The summed E-state index contributed by atoms with van der Waals surface area (Å²) in [5.41, 5.74) is 0.510. The summed E-state index contributed by atoms with van der Waals surface area (Å²) in [6.45, 7) is 12.2. The maximum absolute atomic E-state index is 2.49. The van der Waals surface area contributed by atoms with Crippen LogP contribution < -0.4 is 0 Å². The second-order valence-electron chi connectivity index (χ2n) is 8.10. The standard InChI is InChI=1S/C20H38/c1-6-11-18(7-2)14-17(3)15-20(4,5)16-19-12-9-8-10-13-19/h9,12,17-19H,6-8,10-11,13-16H2,1-5H3/t17?,18?,19-/m1/s1. The SMILES string of the molecule is CCCC(CC)CC(C)CC(C)(C)C[C@@H]1C=CCCC1. The zero-order valence-electron chi connectivity index (χ0n) is 14.8. The third-order valence-corrected chi connectivity index (χ3v) is 5.08. The Morgan fingerprint density at radius 1 is 1.25 bits per heavy atom. The normalized spacial score (nSPS) is 22.8. The molecule has 0 saturated carbocycles. The van der Waals surface area contributed by atoms with E-state index in [0.29, 0.717) is 5.41 Å². The lowest BCUT2D eigenvalue weighted by atomic mass is 9.73. The van der Waals surface area contributed by atoms with Crippen molar-refractivity contribution in [3.8, 4) is 0 Å². The summed E-state index contributed by atoms with van der Waals surface area (Å²) < 4.78 is 0. The molecule has 0 aromatic carbocycles. The Balaban J connectivity index is 2.39. The fourth-order valence-electron chi connectivity index (χ4n) is 4.34. The fraction of sp³-hybridized carbons (Fsp3) is 0.900. The minimum atomic E-state index is 0.510. The molecular weight excluding hydrogens is 240 g/mol. The first-order chi connectivity index (χ1) is 9.46. The number of rotatable bonds is 9. The first kappa shape index (κ1) is 17.8.